The van der Waals surface area contributed by atoms with Gasteiger partial charge in [0.25, 0.3) is 0 Å². The van der Waals surface area contributed by atoms with Gasteiger partial charge in [0.1, 0.15) is 0 Å². The van der Waals surface area contributed by atoms with Crippen LogP contribution in [0.15, 0.2) is 66.9 Å². The van der Waals surface area contributed by atoms with Crippen LogP contribution in [0, 0.1) is 19.9 Å². The number of aromatic nitrogens is 2. The molecular formula is C29H29IrN2O2-. The van der Waals surface area contributed by atoms with Crippen molar-refractivity contribution in [3.8, 4) is 11.3 Å². The number of aryl methyl sites for hydroxylation is 2. The third-order valence-electron chi connectivity index (χ3n) is 5.67. The van der Waals surface area contributed by atoms with Crippen LogP contribution in [-0.4, -0.2) is 32.4 Å². The summed E-state index contributed by atoms with van der Waals surface area (Å²) in [6.07, 6.45) is 1.59. The van der Waals surface area contributed by atoms with Gasteiger partial charge in [0, 0.05) is 37.4 Å². The molecule has 34 heavy (non-hydrogen) atoms. The molecule has 4 aromatic carbocycles. The number of aliphatic hydroxyl groups excluding tert-OH is 2. The second kappa shape index (κ2) is 11.2. The van der Waals surface area contributed by atoms with Crippen molar-refractivity contribution in [3.05, 3.63) is 84.1 Å². The fourth-order valence-electron chi connectivity index (χ4n) is 4.21. The van der Waals surface area contributed by atoms with E-state index in [0.29, 0.717) is 6.42 Å². The zero-order chi connectivity index (χ0) is 23.5. The third kappa shape index (κ3) is 5.51. The standard InChI is InChI=1S/C24H17N2.C5H12O2.Ir/c1-15-11-12-18-20(13-15)24-23(19-10-6-7-16(2)22(18)19)25-14-21(26-24)17-8-4-3-5-9-17;1-4(6)3-5(2)7;/h3-9,11-14H,1-2H3;4-7H,3H2,1-2H3;/q-1;;. The number of benzene rings is 4. The minimum Gasteiger partial charge on any atom is -0.393 e. The zero-order valence-electron chi connectivity index (χ0n) is 19.8. The van der Waals surface area contributed by atoms with Gasteiger partial charge in [-0.3, -0.25) is 4.98 Å². The fourth-order valence-corrected chi connectivity index (χ4v) is 4.21. The van der Waals surface area contributed by atoms with Gasteiger partial charge in [-0.15, -0.1) is 29.1 Å². The first kappa shape index (κ1) is 25.9. The van der Waals surface area contributed by atoms with Gasteiger partial charge >= 0.3 is 0 Å². The Hall–Kier alpha value is -2.69. The largest absolute Gasteiger partial charge is 0.393 e. The molecule has 0 amide bonds. The van der Waals surface area contributed by atoms with Gasteiger partial charge in [0.2, 0.25) is 0 Å². The maximum Gasteiger partial charge on any atom is 0.0873 e. The molecule has 5 aromatic rings. The van der Waals surface area contributed by atoms with E-state index in [2.05, 4.69) is 56.3 Å². The van der Waals surface area contributed by atoms with E-state index in [1.165, 1.54) is 21.9 Å². The summed E-state index contributed by atoms with van der Waals surface area (Å²) in [5.41, 5.74) is 6.30. The number of hydrogen-bond donors (Lipinski definition) is 2. The average Bonchev–Trinajstić information content (AvgIpc) is 2.79. The summed E-state index contributed by atoms with van der Waals surface area (Å²) in [6.45, 7) is 7.58. The Morgan fingerprint density at radius 2 is 1.59 bits per heavy atom. The van der Waals surface area contributed by atoms with Crippen molar-refractivity contribution in [2.45, 2.75) is 46.3 Å². The van der Waals surface area contributed by atoms with Gasteiger partial charge in [-0.05, 0) is 32.6 Å². The zero-order valence-corrected chi connectivity index (χ0v) is 22.2. The normalized spacial score (nSPS) is 12.6. The summed E-state index contributed by atoms with van der Waals surface area (Å²) < 4.78 is 0. The molecule has 1 aromatic heterocycles. The number of nitrogens with zero attached hydrogens (tertiary/aromatic N) is 2. The second-order valence-electron chi connectivity index (χ2n) is 8.71. The van der Waals surface area contributed by atoms with E-state index in [-0.39, 0.29) is 32.3 Å². The van der Waals surface area contributed by atoms with Crippen molar-refractivity contribution in [1.29, 1.82) is 0 Å². The van der Waals surface area contributed by atoms with Gasteiger partial charge in [-0.2, -0.15) is 0 Å². The van der Waals surface area contributed by atoms with Crippen LogP contribution in [0.2, 0.25) is 0 Å². The summed E-state index contributed by atoms with van der Waals surface area (Å²) in [5, 5.41) is 21.8. The number of fused-ring (bicyclic) bond motifs is 6. The molecule has 2 atom stereocenters. The minimum absolute atomic E-state index is 0. The molecule has 0 fully saturated rings. The summed E-state index contributed by atoms with van der Waals surface area (Å²) in [4.78, 5) is 9.82. The molecule has 177 valence electrons. The van der Waals surface area contributed by atoms with Gasteiger partial charge < -0.3 is 15.2 Å². The summed E-state index contributed by atoms with van der Waals surface area (Å²) >= 11 is 0. The number of hydrogen-bond acceptors (Lipinski definition) is 4. The summed E-state index contributed by atoms with van der Waals surface area (Å²) in [5.74, 6) is 0. The molecule has 2 N–H and O–H groups in total. The topological polar surface area (TPSA) is 66.2 Å². The second-order valence-corrected chi connectivity index (χ2v) is 8.71. The van der Waals surface area contributed by atoms with E-state index in [0.717, 1.165) is 33.1 Å². The molecule has 0 aliphatic carbocycles. The average molecular weight is 630 g/mol. The molecule has 4 nitrogen and oxygen atoms in total. The van der Waals surface area contributed by atoms with Crippen LogP contribution in [-0.2, 0) is 20.1 Å². The predicted molar refractivity (Wildman–Crippen MR) is 136 cm³/mol. The van der Waals surface area contributed by atoms with Crippen molar-refractivity contribution in [2.75, 3.05) is 0 Å². The Morgan fingerprint density at radius 1 is 0.882 bits per heavy atom. The summed E-state index contributed by atoms with van der Waals surface area (Å²) in [7, 11) is 0. The first-order valence-electron chi connectivity index (χ1n) is 11.3. The molecule has 2 unspecified atom stereocenters. The molecule has 0 spiro atoms. The number of rotatable bonds is 3. The van der Waals surface area contributed by atoms with Crippen molar-refractivity contribution < 1.29 is 30.3 Å². The van der Waals surface area contributed by atoms with Crippen LogP contribution < -0.4 is 0 Å². The molecule has 0 bridgehead atoms. The van der Waals surface area contributed by atoms with E-state index in [1.807, 2.05) is 30.5 Å². The maximum atomic E-state index is 8.56. The quantitative estimate of drug-likeness (QED) is 0.186. The van der Waals surface area contributed by atoms with Crippen LogP contribution in [0.1, 0.15) is 31.4 Å². The Morgan fingerprint density at radius 3 is 2.24 bits per heavy atom. The van der Waals surface area contributed by atoms with Gasteiger partial charge in [-0.1, -0.05) is 71.8 Å². The van der Waals surface area contributed by atoms with E-state index >= 15 is 0 Å². The molecule has 5 rings (SSSR count). The third-order valence-corrected chi connectivity index (χ3v) is 5.67. The molecule has 0 saturated carbocycles. The molecule has 5 heteroatoms. The van der Waals surface area contributed by atoms with Crippen molar-refractivity contribution >= 4 is 32.6 Å². The van der Waals surface area contributed by atoms with Gasteiger partial charge in [-0.25, -0.2) is 0 Å². The number of aliphatic hydroxyl groups is 2. The Balaban J connectivity index is 0.000000357. The smallest absolute Gasteiger partial charge is 0.0873 e. The first-order valence-corrected chi connectivity index (χ1v) is 11.3. The van der Waals surface area contributed by atoms with E-state index in [1.54, 1.807) is 13.8 Å². The molecule has 1 radical (unpaired) electrons. The van der Waals surface area contributed by atoms with E-state index in [9.17, 15) is 0 Å². The molecule has 1 heterocycles. The first-order chi connectivity index (χ1) is 15.8. The van der Waals surface area contributed by atoms with Crippen LogP contribution in [0.4, 0.5) is 0 Å². The molecule has 0 aliphatic heterocycles. The van der Waals surface area contributed by atoms with Crippen LogP contribution in [0.25, 0.3) is 43.8 Å². The van der Waals surface area contributed by atoms with Gasteiger partial charge in [0.15, 0.2) is 0 Å². The minimum atomic E-state index is -0.375. The molecule has 0 saturated heterocycles. The van der Waals surface area contributed by atoms with Gasteiger partial charge in [0.05, 0.1) is 23.4 Å². The predicted octanol–water partition coefficient (Wildman–Crippen LogP) is 6.16. The molecular weight excluding hydrogens is 601 g/mol. The van der Waals surface area contributed by atoms with Crippen molar-refractivity contribution in [2.24, 2.45) is 0 Å². The van der Waals surface area contributed by atoms with Crippen LogP contribution in [0.5, 0.6) is 0 Å². The van der Waals surface area contributed by atoms with Crippen LogP contribution >= 0.6 is 0 Å². The van der Waals surface area contributed by atoms with Crippen molar-refractivity contribution in [3.63, 3.8) is 0 Å². The maximum absolute atomic E-state index is 8.56. The monoisotopic (exact) mass is 630 g/mol. The SMILES string of the molecule is CC(O)CC(C)O.Cc1ccc2c(c1)c1nc(-c3ccccc3)cnc1c1[c-]ccc(C)c12.[Ir]. The fraction of sp³-hybridized carbons (Fsp3) is 0.241. The Kier molecular flexibility index (Phi) is 8.51. The van der Waals surface area contributed by atoms with Crippen molar-refractivity contribution in [1.82, 2.24) is 9.97 Å². The Bertz CT molecular complexity index is 1410. The van der Waals surface area contributed by atoms with E-state index in [4.69, 9.17) is 20.2 Å². The summed E-state index contributed by atoms with van der Waals surface area (Å²) in [6, 6.07) is 24.3. The van der Waals surface area contributed by atoms with E-state index < -0.39 is 0 Å². The Labute approximate surface area is 214 Å². The van der Waals surface area contributed by atoms with Crippen LogP contribution in [0.3, 0.4) is 0 Å². The molecule has 0 aliphatic rings.